The van der Waals surface area contributed by atoms with Crippen LogP contribution in [-0.2, 0) is 14.3 Å². The molecule has 2 N–H and O–H groups in total. The average Bonchev–Trinajstić information content (AvgIpc) is 2.60. The lowest BCUT2D eigenvalue weighted by Gasteiger charge is -2.49. The summed E-state index contributed by atoms with van der Waals surface area (Å²) in [6, 6.07) is 0. The standard InChI is InChI=1S/C15H18O5/c1-7-4-5-10(16)9-6-15(19)11(8(2)13(18)20-15)12(17)14(7,9)3/h6-7,12,17,19H,4-5H2,1-3H3. The Hall–Kier alpha value is -1.46. The molecule has 5 nitrogen and oxygen atoms in total. The van der Waals surface area contributed by atoms with Crippen LogP contribution < -0.4 is 0 Å². The van der Waals surface area contributed by atoms with Crippen molar-refractivity contribution in [2.45, 2.75) is 45.5 Å². The van der Waals surface area contributed by atoms with Crippen molar-refractivity contribution in [3.8, 4) is 0 Å². The highest BCUT2D eigenvalue weighted by Gasteiger charge is 2.60. The van der Waals surface area contributed by atoms with Crippen molar-refractivity contribution in [3.05, 3.63) is 22.8 Å². The number of rotatable bonds is 0. The number of fused-ring (bicyclic) bond motifs is 2. The molecule has 3 rings (SSSR count). The number of carbonyl (C=O) groups excluding carboxylic acids is 2. The number of aliphatic hydroxyl groups excluding tert-OH is 1. The molecule has 0 bridgehead atoms. The maximum Gasteiger partial charge on any atom is 0.337 e. The Balaban J connectivity index is 2.27. The van der Waals surface area contributed by atoms with Gasteiger partial charge in [0.25, 0.3) is 5.79 Å². The van der Waals surface area contributed by atoms with Crippen molar-refractivity contribution in [2.24, 2.45) is 11.3 Å². The van der Waals surface area contributed by atoms with Crippen LogP contribution in [0.15, 0.2) is 22.8 Å². The van der Waals surface area contributed by atoms with E-state index in [1.807, 2.05) is 13.8 Å². The maximum atomic E-state index is 12.2. The van der Waals surface area contributed by atoms with E-state index < -0.39 is 23.3 Å². The number of aliphatic hydroxyl groups is 2. The zero-order valence-corrected chi connectivity index (χ0v) is 11.8. The summed E-state index contributed by atoms with van der Waals surface area (Å²) in [5, 5.41) is 21.2. The van der Waals surface area contributed by atoms with Crippen molar-refractivity contribution in [2.75, 3.05) is 0 Å². The first kappa shape index (κ1) is 13.5. The monoisotopic (exact) mass is 278 g/mol. The highest BCUT2D eigenvalue weighted by atomic mass is 16.7. The van der Waals surface area contributed by atoms with Gasteiger partial charge in [-0.25, -0.2) is 4.79 Å². The molecule has 0 radical (unpaired) electrons. The van der Waals surface area contributed by atoms with E-state index in [-0.39, 0.29) is 22.8 Å². The molecule has 0 aromatic rings. The van der Waals surface area contributed by atoms with E-state index in [4.69, 9.17) is 4.74 Å². The van der Waals surface area contributed by atoms with Gasteiger partial charge < -0.3 is 14.9 Å². The zero-order chi connectivity index (χ0) is 14.9. The van der Waals surface area contributed by atoms with Gasteiger partial charge in [0.1, 0.15) is 0 Å². The lowest BCUT2D eigenvalue weighted by molar-refractivity contribution is -0.174. The van der Waals surface area contributed by atoms with Gasteiger partial charge in [0.05, 0.1) is 6.10 Å². The normalized spacial score (nSPS) is 44.0. The van der Waals surface area contributed by atoms with Gasteiger partial charge in [0.15, 0.2) is 5.78 Å². The second-order valence-corrected chi connectivity index (χ2v) is 6.23. The summed E-state index contributed by atoms with van der Waals surface area (Å²) in [6.07, 6.45) is 1.29. The average molecular weight is 278 g/mol. The van der Waals surface area contributed by atoms with Crippen molar-refractivity contribution in [1.82, 2.24) is 0 Å². The van der Waals surface area contributed by atoms with E-state index in [9.17, 15) is 19.8 Å². The molecule has 2 aliphatic carbocycles. The summed E-state index contributed by atoms with van der Waals surface area (Å²) in [4.78, 5) is 23.9. The predicted molar refractivity (Wildman–Crippen MR) is 69.3 cm³/mol. The minimum absolute atomic E-state index is 0.0713. The van der Waals surface area contributed by atoms with Crippen LogP contribution in [0.25, 0.3) is 0 Å². The molecule has 4 atom stereocenters. The van der Waals surface area contributed by atoms with Gasteiger partial charge in [-0.3, -0.25) is 4.79 Å². The van der Waals surface area contributed by atoms with E-state index in [2.05, 4.69) is 0 Å². The Morgan fingerprint density at radius 3 is 2.70 bits per heavy atom. The predicted octanol–water partition coefficient (Wildman–Crippen LogP) is 0.855. The fourth-order valence-corrected chi connectivity index (χ4v) is 3.66. The number of carbonyl (C=O) groups is 2. The van der Waals surface area contributed by atoms with Crippen LogP contribution in [0.1, 0.15) is 33.6 Å². The van der Waals surface area contributed by atoms with Gasteiger partial charge >= 0.3 is 5.97 Å². The second-order valence-electron chi connectivity index (χ2n) is 6.23. The van der Waals surface area contributed by atoms with E-state index >= 15 is 0 Å². The highest BCUT2D eigenvalue weighted by molar-refractivity contribution is 6.00. The van der Waals surface area contributed by atoms with Crippen LogP contribution in [0.2, 0.25) is 0 Å². The molecule has 3 aliphatic rings. The van der Waals surface area contributed by atoms with E-state index in [1.54, 1.807) is 0 Å². The third-order valence-corrected chi connectivity index (χ3v) is 5.23. The van der Waals surface area contributed by atoms with Crippen LogP contribution in [0.3, 0.4) is 0 Å². The second kappa shape index (κ2) is 3.80. The molecule has 1 aliphatic heterocycles. The Labute approximate surface area is 116 Å². The fourth-order valence-electron chi connectivity index (χ4n) is 3.66. The third kappa shape index (κ3) is 1.39. The van der Waals surface area contributed by atoms with Gasteiger partial charge in [-0.1, -0.05) is 13.8 Å². The molecule has 1 saturated carbocycles. The molecule has 0 aromatic heterocycles. The first-order valence-corrected chi connectivity index (χ1v) is 6.83. The Morgan fingerprint density at radius 2 is 2.05 bits per heavy atom. The van der Waals surface area contributed by atoms with Crippen LogP contribution in [0.5, 0.6) is 0 Å². The SMILES string of the molecule is CC1=C2C(O)C3(C)C(=CC2(O)OC1=O)C(=O)CCC3C. The van der Waals surface area contributed by atoms with Crippen LogP contribution in [-0.4, -0.2) is 33.9 Å². The number of Topliss-reactive ketones (excluding diaryl/α,β-unsaturated/α-hetero) is 1. The van der Waals surface area contributed by atoms with E-state index in [1.165, 1.54) is 13.0 Å². The fraction of sp³-hybridized carbons (Fsp3) is 0.600. The summed E-state index contributed by atoms with van der Waals surface area (Å²) in [5.41, 5.74) is -0.0128. The van der Waals surface area contributed by atoms with E-state index in [0.29, 0.717) is 18.4 Å². The molecule has 0 aromatic carbocycles. The molecule has 0 spiro atoms. The molecule has 5 heteroatoms. The molecule has 4 unspecified atom stereocenters. The number of hydrogen-bond donors (Lipinski definition) is 2. The molecule has 108 valence electrons. The van der Waals surface area contributed by atoms with Crippen molar-refractivity contribution in [1.29, 1.82) is 0 Å². The minimum Gasteiger partial charge on any atom is -0.422 e. The van der Waals surface area contributed by atoms with Gasteiger partial charge in [-0.05, 0) is 25.3 Å². The zero-order valence-electron chi connectivity index (χ0n) is 11.8. The molecule has 1 heterocycles. The third-order valence-electron chi connectivity index (χ3n) is 5.23. The van der Waals surface area contributed by atoms with Crippen molar-refractivity contribution >= 4 is 11.8 Å². The van der Waals surface area contributed by atoms with Gasteiger partial charge in [-0.2, -0.15) is 0 Å². The first-order valence-electron chi connectivity index (χ1n) is 6.83. The first-order chi connectivity index (χ1) is 9.21. The summed E-state index contributed by atoms with van der Waals surface area (Å²) < 4.78 is 4.97. The Morgan fingerprint density at radius 1 is 1.40 bits per heavy atom. The number of hydrogen-bond acceptors (Lipinski definition) is 5. The number of ether oxygens (including phenoxy) is 1. The quantitative estimate of drug-likeness (QED) is 0.642. The summed E-state index contributed by atoms with van der Waals surface area (Å²) in [5.74, 6) is -2.65. The molecular weight excluding hydrogens is 260 g/mol. The van der Waals surface area contributed by atoms with Crippen molar-refractivity contribution in [3.63, 3.8) is 0 Å². The van der Waals surface area contributed by atoms with Gasteiger partial charge in [-0.15, -0.1) is 0 Å². The van der Waals surface area contributed by atoms with Crippen molar-refractivity contribution < 1.29 is 24.5 Å². The van der Waals surface area contributed by atoms with Crippen LogP contribution in [0.4, 0.5) is 0 Å². The largest absolute Gasteiger partial charge is 0.422 e. The van der Waals surface area contributed by atoms with Crippen LogP contribution >= 0.6 is 0 Å². The molecule has 0 amide bonds. The lowest BCUT2D eigenvalue weighted by Crippen LogP contribution is -2.54. The summed E-state index contributed by atoms with van der Waals surface area (Å²) in [7, 11) is 0. The number of esters is 1. The number of ketones is 1. The smallest absolute Gasteiger partial charge is 0.337 e. The molecule has 20 heavy (non-hydrogen) atoms. The van der Waals surface area contributed by atoms with Crippen LogP contribution in [0, 0.1) is 11.3 Å². The Bertz CT molecular complexity index is 587. The molecule has 1 fully saturated rings. The van der Waals surface area contributed by atoms with E-state index in [0.717, 1.165) is 0 Å². The summed E-state index contributed by atoms with van der Waals surface area (Å²) >= 11 is 0. The minimum atomic E-state index is -1.97. The summed E-state index contributed by atoms with van der Waals surface area (Å²) in [6.45, 7) is 5.31. The maximum absolute atomic E-state index is 12.2. The lowest BCUT2D eigenvalue weighted by atomic mass is 9.56. The van der Waals surface area contributed by atoms with Gasteiger partial charge in [0.2, 0.25) is 0 Å². The Kier molecular flexibility index (Phi) is 2.57. The molecular formula is C15H18O5. The highest BCUT2D eigenvalue weighted by Crippen LogP contribution is 2.55. The topological polar surface area (TPSA) is 83.8 Å². The molecule has 0 saturated heterocycles. The van der Waals surface area contributed by atoms with Gasteiger partial charge in [0, 0.05) is 28.6 Å².